The van der Waals surface area contributed by atoms with Gasteiger partial charge in [-0.2, -0.15) is 0 Å². The van der Waals surface area contributed by atoms with Crippen molar-refractivity contribution in [2.24, 2.45) is 0 Å². The van der Waals surface area contributed by atoms with Crippen molar-refractivity contribution in [2.45, 2.75) is 18.7 Å². The van der Waals surface area contributed by atoms with E-state index in [0.717, 1.165) is 5.56 Å². The SMILES string of the molecule is O=C(OCc1ccccc1)[C@]1(F)Cc2ccccc2C1=O. The molecule has 0 saturated heterocycles. The molecule has 3 nitrogen and oxygen atoms in total. The van der Waals surface area contributed by atoms with Gasteiger partial charge in [0.1, 0.15) is 6.61 Å². The quantitative estimate of drug-likeness (QED) is 0.643. The maximum atomic E-state index is 14.8. The number of rotatable bonds is 3. The molecule has 1 aliphatic rings. The van der Waals surface area contributed by atoms with Gasteiger partial charge in [0.05, 0.1) is 0 Å². The molecular formula is C17H13FO3. The van der Waals surface area contributed by atoms with E-state index in [0.29, 0.717) is 5.56 Å². The second kappa shape index (κ2) is 5.13. The summed E-state index contributed by atoms with van der Waals surface area (Å²) in [6.07, 6.45) is -0.254. The van der Waals surface area contributed by atoms with Gasteiger partial charge in [-0.05, 0) is 11.1 Å². The van der Waals surface area contributed by atoms with Crippen LogP contribution in [0.3, 0.4) is 0 Å². The first-order chi connectivity index (χ1) is 10.1. The normalized spacial score (nSPS) is 20.1. The first-order valence-electron chi connectivity index (χ1n) is 6.64. The molecular weight excluding hydrogens is 271 g/mol. The fraction of sp³-hybridized carbons (Fsp3) is 0.176. The van der Waals surface area contributed by atoms with Crippen LogP contribution in [0.5, 0.6) is 0 Å². The van der Waals surface area contributed by atoms with Crippen molar-refractivity contribution < 1.29 is 18.7 Å². The number of esters is 1. The van der Waals surface area contributed by atoms with E-state index >= 15 is 0 Å². The van der Waals surface area contributed by atoms with Gasteiger partial charge in [-0.25, -0.2) is 9.18 Å². The molecule has 4 heteroatoms. The van der Waals surface area contributed by atoms with E-state index in [1.165, 1.54) is 6.07 Å². The Bertz CT molecular complexity index is 696. The first kappa shape index (κ1) is 13.5. The van der Waals surface area contributed by atoms with E-state index in [-0.39, 0.29) is 18.6 Å². The van der Waals surface area contributed by atoms with Gasteiger partial charge < -0.3 is 4.74 Å². The Morgan fingerprint density at radius 1 is 1.10 bits per heavy atom. The van der Waals surface area contributed by atoms with Crippen molar-refractivity contribution in [3.63, 3.8) is 0 Å². The largest absolute Gasteiger partial charge is 0.458 e. The van der Waals surface area contributed by atoms with Crippen molar-refractivity contribution in [2.75, 3.05) is 0 Å². The third kappa shape index (κ3) is 2.33. The summed E-state index contributed by atoms with van der Waals surface area (Å²) < 4.78 is 19.8. The molecule has 21 heavy (non-hydrogen) atoms. The molecule has 0 aliphatic heterocycles. The summed E-state index contributed by atoms with van der Waals surface area (Å²) >= 11 is 0. The summed E-state index contributed by atoms with van der Waals surface area (Å²) in [5.41, 5.74) is -1.05. The minimum absolute atomic E-state index is 0.0467. The maximum absolute atomic E-state index is 14.8. The van der Waals surface area contributed by atoms with Crippen molar-refractivity contribution in [1.82, 2.24) is 0 Å². The van der Waals surface area contributed by atoms with Crippen LogP contribution >= 0.6 is 0 Å². The Kier molecular flexibility index (Phi) is 3.29. The molecule has 0 bridgehead atoms. The first-order valence-corrected chi connectivity index (χ1v) is 6.64. The molecule has 1 aliphatic carbocycles. The van der Waals surface area contributed by atoms with E-state index in [2.05, 4.69) is 0 Å². The van der Waals surface area contributed by atoms with Crippen LogP contribution in [-0.2, 0) is 22.6 Å². The molecule has 0 saturated carbocycles. The topological polar surface area (TPSA) is 43.4 Å². The molecule has 0 radical (unpaired) electrons. The number of hydrogen-bond donors (Lipinski definition) is 0. The number of ether oxygens (including phenoxy) is 1. The lowest BCUT2D eigenvalue weighted by Gasteiger charge is -2.16. The summed E-state index contributed by atoms with van der Waals surface area (Å²) in [6, 6.07) is 15.5. The Balaban J connectivity index is 1.75. The van der Waals surface area contributed by atoms with Crippen molar-refractivity contribution >= 4 is 11.8 Å². The van der Waals surface area contributed by atoms with Crippen molar-refractivity contribution in [1.29, 1.82) is 0 Å². The number of hydrogen-bond acceptors (Lipinski definition) is 3. The van der Waals surface area contributed by atoms with Gasteiger partial charge in [0.2, 0.25) is 5.78 Å². The van der Waals surface area contributed by atoms with E-state index in [1.807, 2.05) is 6.07 Å². The predicted octanol–water partition coefficient (Wildman–Crippen LogP) is 2.88. The van der Waals surface area contributed by atoms with Gasteiger partial charge in [-0.1, -0.05) is 54.6 Å². The van der Waals surface area contributed by atoms with Gasteiger partial charge >= 0.3 is 5.97 Å². The highest BCUT2D eigenvalue weighted by molar-refractivity contribution is 6.18. The second-order valence-electron chi connectivity index (χ2n) is 5.03. The molecule has 0 heterocycles. The molecule has 0 amide bonds. The van der Waals surface area contributed by atoms with Gasteiger partial charge in [-0.3, -0.25) is 4.79 Å². The zero-order chi connectivity index (χ0) is 14.9. The number of alkyl halides is 1. The van der Waals surface area contributed by atoms with Crippen molar-refractivity contribution in [3.05, 3.63) is 71.3 Å². The highest BCUT2D eigenvalue weighted by Gasteiger charge is 2.53. The Morgan fingerprint density at radius 2 is 1.76 bits per heavy atom. The second-order valence-corrected chi connectivity index (χ2v) is 5.03. The fourth-order valence-electron chi connectivity index (χ4n) is 2.45. The van der Waals surface area contributed by atoms with Gasteiger partial charge in [0.15, 0.2) is 0 Å². The Labute approximate surface area is 121 Å². The van der Waals surface area contributed by atoms with E-state index in [1.54, 1.807) is 42.5 Å². The minimum atomic E-state index is -2.60. The molecule has 0 spiro atoms. The summed E-state index contributed by atoms with van der Waals surface area (Å²) in [5, 5.41) is 0. The number of ketones is 1. The molecule has 0 N–H and O–H groups in total. The third-order valence-corrected chi connectivity index (χ3v) is 3.59. The molecule has 2 aromatic rings. The Morgan fingerprint density at radius 3 is 2.48 bits per heavy atom. The lowest BCUT2D eigenvalue weighted by atomic mass is 10.0. The number of carbonyl (C=O) groups excluding carboxylic acids is 2. The van der Waals surface area contributed by atoms with Crippen LogP contribution in [0.15, 0.2) is 54.6 Å². The highest BCUT2D eigenvalue weighted by Crippen LogP contribution is 2.34. The van der Waals surface area contributed by atoms with Crippen LogP contribution in [0.1, 0.15) is 21.5 Å². The third-order valence-electron chi connectivity index (χ3n) is 3.59. The van der Waals surface area contributed by atoms with Crippen LogP contribution in [0.4, 0.5) is 4.39 Å². The minimum Gasteiger partial charge on any atom is -0.458 e. The van der Waals surface area contributed by atoms with E-state index in [4.69, 9.17) is 4.74 Å². The summed E-state index contributed by atoms with van der Waals surface area (Å²) in [5.74, 6) is -1.93. The van der Waals surface area contributed by atoms with Crippen molar-refractivity contribution in [3.8, 4) is 0 Å². The number of carbonyl (C=O) groups is 2. The number of fused-ring (bicyclic) bond motifs is 1. The average Bonchev–Trinajstić information content (AvgIpc) is 2.79. The lowest BCUT2D eigenvalue weighted by molar-refractivity contribution is -0.155. The average molecular weight is 284 g/mol. The standard InChI is InChI=1S/C17H13FO3/c18-17(10-13-8-4-5-9-14(13)15(17)19)16(20)21-11-12-6-2-1-3-7-12/h1-9H,10-11H2/t17-/m0/s1. The monoisotopic (exact) mass is 284 g/mol. The molecule has 2 aromatic carbocycles. The van der Waals surface area contributed by atoms with Gasteiger partial charge in [-0.15, -0.1) is 0 Å². The van der Waals surface area contributed by atoms with Crippen LogP contribution in [-0.4, -0.2) is 17.4 Å². The van der Waals surface area contributed by atoms with E-state index in [9.17, 15) is 14.0 Å². The molecule has 3 rings (SSSR count). The maximum Gasteiger partial charge on any atom is 0.352 e. The van der Waals surface area contributed by atoms with Crippen LogP contribution < -0.4 is 0 Å². The number of halogens is 1. The fourth-order valence-corrected chi connectivity index (χ4v) is 2.45. The van der Waals surface area contributed by atoms with Gasteiger partial charge in [0.25, 0.3) is 5.67 Å². The molecule has 106 valence electrons. The zero-order valence-electron chi connectivity index (χ0n) is 11.2. The van der Waals surface area contributed by atoms with Crippen LogP contribution in [0.25, 0.3) is 0 Å². The smallest absolute Gasteiger partial charge is 0.352 e. The molecule has 1 atom stereocenters. The number of Topliss-reactive ketones (excluding diaryl/α,β-unsaturated/α-hetero) is 1. The highest BCUT2D eigenvalue weighted by atomic mass is 19.1. The molecule has 0 fully saturated rings. The zero-order valence-corrected chi connectivity index (χ0v) is 11.2. The predicted molar refractivity (Wildman–Crippen MR) is 74.6 cm³/mol. The van der Waals surface area contributed by atoms with Gasteiger partial charge in [0, 0.05) is 12.0 Å². The lowest BCUT2D eigenvalue weighted by Crippen LogP contribution is -2.41. The van der Waals surface area contributed by atoms with Crippen LogP contribution in [0, 0.1) is 0 Å². The van der Waals surface area contributed by atoms with E-state index < -0.39 is 17.4 Å². The molecule has 0 unspecified atom stereocenters. The summed E-state index contributed by atoms with van der Waals surface area (Å²) in [6.45, 7) is -0.0467. The summed E-state index contributed by atoms with van der Waals surface area (Å²) in [7, 11) is 0. The Hall–Kier alpha value is -2.49. The summed E-state index contributed by atoms with van der Waals surface area (Å²) in [4.78, 5) is 24.1. The van der Waals surface area contributed by atoms with Crippen LogP contribution in [0.2, 0.25) is 0 Å². The number of benzene rings is 2. The molecule has 0 aromatic heterocycles.